The van der Waals surface area contributed by atoms with Crippen LogP contribution >= 0.6 is 11.3 Å². The number of aliphatic imine (C=N–C) groups is 1. The van der Waals surface area contributed by atoms with Gasteiger partial charge in [-0.2, -0.15) is 0 Å². The fraction of sp³-hybridized carbons (Fsp3) is 0.273. The van der Waals surface area contributed by atoms with Crippen LogP contribution in [-0.4, -0.2) is 29.9 Å². The van der Waals surface area contributed by atoms with Gasteiger partial charge in [-0.05, 0) is 35.6 Å². The zero-order valence-electron chi connectivity index (χ0n) is 16.8. The molecule has 1 saturated heterocycles. The number of amidine groups is 1. The van der Waals surface area contributed by atoms with Crippen molar-refractivity contribution in [2.45, 2.75) is 31.0 Å². The first kappa shape index (κ1) is 21.4. The quantitative estimate of drug-likeness (QED) is 0.702. The number of hydrogen-bond acceptors (Lipinski definition) is 6. The molecule has 5 rings (SSSR count). The van der Waals surface area contributed by atoms with E-state index in [0.717, 1.165) is 17.0 Å². The molecule has 0 spiro atoms. The number of Topliss-reactive ketones (excluding diaryl/α,β-unsaturated/α-hetero) is 1. The van der Waals surface area contributed by atoms with Crippen LogP contribution in [0.3, 0.4) is 0 Å². The summed E-state index contributed by atoms with van der Waals surface area (Å²) in [6, 6.07) is 8.17. The third kappa shape index (κ3) is 4.04. The first-order valence-corrected chi connectivity index (χ1v) is 10.9. The maximum absolute atomic E-state index is 13.3. The van der Waals surface area contributed by atoms with E-state index in [1.165, 1.54) is 23.5 Å². The highest BCUT2D eigenvalue weighted by Crippen LogP contribution is 2.47. The lowest BCUT2D eigenvalue weighted by molar-refractivity contribution is -0.274. The van der Waals surface area contributed by atoms with Gasteiger partial charge in [-0.3, -0.25) is 20.2 Å². The van der Waals surface area contributed by atoms with Gasteiger partial charge in [0.15, 0.2) is 5.78 Å². The van der Waals surface area contributed by atoms with Gasteiger partial charge in [0, 0.05) is 28.7 Å². The Kier molecular flexibility index (Phi) is 5.08. The highest BCUT2D eigenvalue weighted by molar-refractivity contribution is 7.10. The van der Waals surface area contributed by atoms with E-state index < -0.39 is 35.9 Å². The summed E-state index contributed by atoms with van der Waals surface area (Å²) < 4.78 is 41.6. The largest absolute Gasteiger partial charge is 0.573 e. The van der Waals surface area contributed by atoms with E-state index in [1.54, 1.807) is 0 Å². The molecular formula is C22H16F3N3O4S. The van der Waals surface area contributed by atoms with Crippen LogP contribution in [-0.2, 0) is 9.59 Å². The van der Waals surface area contributed by atoms with E-state index in [4.69, 9.17) is 0 Å². The summed E-state index contributed by atoms with van der Waals surface area (Å²) in [5.41, 5.74) is 1.28. The highest BCUT2D eigenvalue weighted by atomic mass is 32.1. The third-order valence-corrected chi connectivity index (χ3v) is 6.89. The molecule has 7 nitrogen and oxygen atoms in total. The first-order chi connectivity index (χ1) is 15.7. The van der Waals surface area contributed by atoms with Crippen molar-refractivity contribution in [2.24, 2.45) is 10.9 Å². The Morgan fingerprint density at radius 1 is 1.00 bits per heavy atom. The number of thiophene rings is 1. The normalized spacial score (nSPS) is 25.0. The van der Waals surface area contributed by atoms with E-state index >= 15 is 0 Å². The molecule has 1 aromatic carbocycles. The summed E-state index contributed by atoms with van der Waals surface area (Å²) in [5.74, 6) is -2.96. The van der Waals surface area contributed by atoms with E-state index in [-0.39, 0.29) is 24.0 Å². The van der Waals surface area contributed by atoms with Crippen LogP contribution in [0.5, 0.6) is 5.75 Å². The van der Waals surface area contributed by atoms with Crippen LogP contribution < -0.4 is 15.4 Å². The fourth-order valence-corrected chi connectivity index (χ4v) is 5.42. The molecule has 0 bridgehead atoms. The molecule has 3 aliphatic rings. The second-order valence-corrected chi connectivity index (χ2v) is 8.90. The summed E-state index contributed by atoms with van der Waals surface area (Å²) in [5, 5.41) is 6.66. The van der Waals surface area contributed by atoms with E-state index in [2.05, 4.69) is 20.4 Å². The van der Waals surface area contributed by atoms with Gasteiger partial charge in [0.2, 0.25) is 5.91 Å². The minimum absolute atomic E-state index is 0.0755. The van der Waals surface area contributed by atoms with E-state index in [9.17, 15) is 27.6 Å². The number of imide groups is 1. The van der Waals surface area contributed by atoms with Crippen molar-refractivity contribution in [3.63, 3.8) is 0 Å². The van der Waals surface area contributed by atoms with Crippen molar-refractivity contribution >= 4 is 34.9 Å². The van der Waals surface area contributed by atoms with Gasteiger partial charge >= 0.3 is 12.4 Å². The first-order valence-electron chi connectivity index (χ1n) is 10.1. The number of carbonyl (C=O) groups excluding carboxylic acids is 3. The van der Waals surface area contributed by atoms with Crippen molar-refractivity contribution in [3.8, 4) is 5.75 Å². The van der Waals surface area contributed by atoms with Crippen molar-refractivity contribution in [1.82, 2.24) is 10.6 Å². The molecule has 0 saturated carbocycles. The molecule has 3 amide bonds. The standard InChI is InChI=1S/C22H16F3N3O4S/c23-22(24,25)32-12-5-3-10(4-6-12)16-17-13(26-19-18(16)20(30)28-21(31)27-19)8-11(9-14(17)29)15-2-1-7-33-15/h1-7,11,16,18H,8-9H2,(H2,26,27,28,30,31). The third-order valence-electron chi connectivity index (χ3n) is 5.86. The molecule has 3 unspecified atom stereocenters. The molecule has 0 radical (unpaired) electrons. The van der Waals surface area contributed by atoms with E-state index in [0.29, 0.717) is 23.3 Å². The predicted octanol–water partition coefficient (Wildman–Crippen LogP) is 4.00. The Labute approximate surface area is 189 Å². The molecule has 3 heterocycles. The second kappa shape index (κ2) is 7.84. The van der Waals surface area contributed by atoms with Gasteiger partial charge in [0.05, 0.1) is 5.70 Å². The van der Waals surface area contributed by atoms with Gasteiger partial charge in [-0.25, -0.2) is 9.79 Å². The summed E-state index contributed by atoms with van der Waals surface area (Å²) in [7, 11) is 0. The molecule has 1 aromatic heterocycles. The zero-order chi connectivity index (χ0) is 23.3. The van der Waals surface area contributed by atoms with Crippen LogP contribution in [0.2, 0.25) is 0 Å². The molecule has 33 heavy (non-hydrogen) atoms. The summed E-state index contributed by atoms with van der Waals surface area (Å²) in [4.78, 5) is 43.5. The van der Waals surface area contributed by atoms with Crippen LogP contribution in [0.25, 0.3) is 0 Å². The number of urea groups is 1. The van der Waals surface area contributed by atoms with Crippen LogP contribution in [0.4, 0.5) is 18.0 Å². The lowest BCUT2D eigenvalue weighted by Crippen LogP contribution is -2.58. The molecule has 11 heteroatoms. The van der Waals surface area contributed by atoms with Gasteiger partial charge in [-0.1, -0.05) is 18.2 Å². The van der Waals surface area contributed by atoms with Gasteiger partial charge < -0.3 is 4.74 Å². The SMILES string of the molecule is O=C1NC(=O)C2C(=NC3=C(C(=O)CC(c4cccs4)C3)C2c2ccc(OC(F)(F)F)cc2)N1. The van der Waals surface area contributed by atoms with Gasteiger partial charge in [-0.15, -0.1) is 24.5 Å². The lowest BCUT2D eigenvalue weighted by Gasteiger charge is -2.38. The number of fused-ring (bicyclic) bond motifs is 1. The highest BCUT2D eigenvalue weighted by Gasteiger charge is 2.48. The number of halogens is 3. The molecule has 2 N–H and O–H groups in total. The summed E-state index contributed by atoms with van der Waals surface area (Å²) in [6.45, 7) is 0. The van der Waals surface area contributed by atoms with E-state index in [1.807, 2.05) is 17.5 Å². The number of ether oxygens (including phenoxy) is 1. The van der Waals surface area contributed by atoms with Gasteiger partial charge in [0.25, 0.3) is 0 Å². The number of amides is 3. The molecule has 170 valence electrons. The van der Waals surface area contributed by atoms with Crippen molar-refractivity contribution < 1.29 is 32.3 Å². The fourth-order valence-electron chi connectivity index (χ4n) is 4.59. The summed E-state index contributed by atoms with van der Waals surface area (Å²) >= 11 is 1.53. The molecule has 2 aliphatic heterocycles. The minimum atomic E-state index is -4.84. The number of alkyl halides is 3. The summed E-state index contributed by atoms with van der Waals surface area (Å²) in [6.07, 6.45) is -4.16. The zero-order valence-corrected chi connectivity index (χ0v) is 17.6. The topological polar surface area (TPSA) is 96.9 Å². The molecule has 2 aromatic rings. The number of benzene rings is 1. The molecule has 1 fully saturated rings. The van der Waals surface area contributed by atoms with Gasteiger partial charge in [0.1, 0.15) is 17.5 Å². The number of rotatable bonds is 3. The number of ketones is 1. The Hall–Kier alpha value is -3.47. The average Bonchev–Trinajstić information content (AvgIpc) is 3.26. The van der Waals surface area contributed by atoms with Crippen molar-refractivity contribution in [1.29, 1.82) is 0 Å². The Bertz CT molecular complexity index is 1200. The minimum Gasteiger partial charge on any atom is -0.406 e. The predicted molar refractivity (Wildman–Crippen MR) is 112 cm³/mol. The Morgan fingerprint density at radius 2 is 1.76 bits per heavy atom. The monoisotopic (exact) mass is 475 g/mol. The Balaban J connectivity index is 1.57. The number of nitrogens with zero attached hydrogens (tertiary/aromatic N) is 1. The van der Waals surface area contributed by atoms with Crippen LogP contribution in [0, 0.1) is 5.92 Å². The second-order valence-electron chi connectivity index (χ2n) is 7.92. The smallest absolute Gasteiger partial charge is 0.406 e. The number of carbonyl (C=O) groups is 3. The molecular weight excluding hydrogens is 459 g/mol. The average molecular weight is 475 g/mol. The van der Waals surface area contributed by atoms with Crippen molar-refractivity contribution in [2.75, 3.05) is 0 Å². The molecule has 3 atom stereocenters. The maximum atomic E-state index is 13.3. The van der Waals surface area contributed by atoms with Crippen LogP contribution in [0.15, 0.2) is 58.0 Å². The van der Waals surface area contributed by atoms with Crippen molar-refractivity contribution in [3.05, 3.63) is 63.5 Å². The number of allylic oxidation sites excluding steroid dienone is 2. The lowest BCUT2D eigenvalue weighted by atomic mass is 9.70. The maximum Gasteiger partial charge on any atom is 0.573 e. The Morgan fingerprint density at radius 3 is 2.42 bits per heavy atom. The number of hydrogen-bond donors (Lipinski definition) is 2. The molecule has 1 aliphatic carbocycles. The van der Waals surface area contributed by atoms with Crippen LogP contribution in [0.1, 0.15) is 35.1 Å². The number of nitrogens with one attached hydrogen (secondary N) is 2.